The Morgan fingerprint density at radius 3 is 2.46 bits per heavy atom. The summed E-state index contributed by atoms with van der Waals surface area (Å²) in [4.78, 5) is 28.4. The summed E-state index contributed by atoms with van der Waals surface area (Å²) in [7, 11) is 0. The summed E-state index contributed by atoms with van der Waals surface area (Å²) in [6, 6.07) is 9.52. The fraction of sp³-hybridized carbons (Fsp3) is 0.0588. The van der Waals surface area contributed by atoms with Crippen LogP contribution in [0.4, 0.5) is 13.2 Å². The van der Waals surface area contributed by atoms with Gasteiger partial charge in [-0.15, -0.1) is 0 Å². The van der Waals surface area contributed by atoms with Gasteiger partial charge in [-0.2, -0.15) is 13.2 Å². The van der Waals surface area contributed by atoms with Crippen molar-refractivity contribution >= 4 is 22.9 Å². The average molecular weight is 332 g/mol. The summed E-state index contributed by atoms with van der Waals surface area (Å²) in [5.74, 6) is -0.462. The summed E-state index contributed by atoms with van der Waals surface area (Å²) in [6.45, 7) is 0. The van der Waals surface area contributed by atoms with Gasteiger partial charge in [0.25, 0.3) is 0 Å². The smallest absolute Gasteiger partial charge is 0.306 e. The van der Waals surface area contributed by atoms with Gasteiger partial charge in [-0.05, 0) is 35.9 Å². The molecule has 0 aliphatic rings. The maximum atomic E-state index is 12.9. The van der Waals surface area contributed by atoms with Crippen molar-refractivity contribution in [1.29, 1.82) is 0 Å². The fourth-order valence-electron chi connectivity index (χ4n) is 2.35. The highest BCUT2D eigenvalue weighted by molar-refractivity contribution is 6.08. The number of benzene rings is 2. The molecule has 1 heterocycles. The van der Waals surface area contributed by atoms with Gasteiger partial charge in [-0.1, -0.05) is 24.3 Å². The van der Waals surface area contributed by atoms with E-state index in [0.717, 1.165) is 18.2 Å². The van der Waals surface area contributed by atoms with Gasteiger partial charge in [0, 0.05) is 5.56 Å². The molecule has 24 heavy (non-hydrogen) atoms. The highest BCUT2D eigenvalue weighted by atomic mass is 19.4. The second-order valence-corrected chi connectivity index (χ2v) is 5.12. The summed E-state index contributed by atoms with van der Waals surface area (Å²) in [5, 5.41) is 0. The van der Waals surface area contributed by atoms with E-state index in [1.54, 1.807) is 6.07 Å². The summed E-state index contributed by atoms with van der Waals surface area (Å²) < 4.78 is 38.7. The Morgan fingerprint density at radius 2 is 1.71 bits per heavy atom. The molecule has 0 saturated carbocycles. The molecule has 3 aromatic rings. The van der Waals surface area contributed by atoms with Crippen LogP contribution in [-0.2, 0) is 6.18 Å². The minimum absolute atomic E-state index is 0.0884. The molecule has 3 rings (SSSR count). The number of ketones is 1. The number of H-pyrrole nitrogens is 2. The maximum Gasteiger partial charge on any atom is 0.416 e. The number of aromatic amines is 2. The molecule has 0 unspecified atom stereocenters. The third-order valence-electron chi connectivity index (χ3n) is 3.48. The van der Waals surface area contributed by atoms with Crippen molar-refractivity contribution in [2.24, 2.45) is 0 Å². The maximum absolute atomic E-state index is 12.9. The molecule has 2 N–H and O–H groups in total. The van der Waals surface area contributed by atoms with Crippen molar-refractivity contribution in [3.05, 3.63) is 75.7 Å². The van der Waals surface area contributed by atoms with Crippen LogP contribution in [0.15, 0.2) is 53.3 Å². The number of allylic oxidation sites excluding steroid dienone is 1. The lowest BCUT2D eigenvalue weighted by Crippen LogP contribution is -2.07. The molecule has 122 valence electrons. The molecule has 0 saturated heterocycles. The normalized spacial score (nSPS) is 12.1. The van der Waals surface area contributed by atoms with Crippen LogP contribution < -0.4 is 5.69 Å². The van der Waals surface area contributed by atoms with Crippen LogP contribution in [0.25, 0.3) is 17.1 Å². The van der Waals surface area contributed by atoms with Gasteiger partial charge in [0.05, 0.1) is 16.6 Å². The summed E-state index contributed by atoms with van der Waals surface area (Å²) in [5.41, 5.74) is -0.0328. The minimum Gasteiger partial charge on any atom is -0.306 e. The molecule has 0 fully saturated rings. The third-order valence-corrected chi connectivity index (χ3v) is 3.48. The standard InChI is InChI=1S/C17H11F3N2O2/c18-17(19,20)12-4-2-1-3-10(12)6-8-15(23)11-5-7-13-14(9-11)22-16(24)21-13/h1-9H,(H2,21,22,24)/b8-6+. The highest BCUT2D eigenvalue weighted by Gasteiger charge is 2.32. The molecule has 0 aliphatic carbocycles. The lowest BCUT2D eigenvalue weighted by atomic mass is 10.0. The van der Waals surface area contributed by atoms with E-state index >= 15 is 0 Å². The topological polar surface area (TPSA) is 65.7 Å². The molecule has 0 spiro atoms. The third kappa shape index (κ3) is 3.15. The van der Waals surface area contributed by atoms with Crippen molar-refractivity contribution < 1.29 is 18.0 Å². The van der Waals surface area contributed by atoms with Crippen LogP contribution in [0.2, 0.25) is 0 Å². The molecule has 0 aliphatic heterocycles. The molecule has 0 amide bonds. The molecule has 4 nitrogen and oxygen atoms in total. The van der Waals surface area contributed by atoms with Gasteiger partial charge in [0.2, 0.25) is 0 Å². The van der Waals surface area contributed by atoms with Crippen LogP contribution in [0.5, 0.6) is 0 Å². The zero-order chi connectivity index (χ0) is 17.3. The van der Waals surface area contributed by atoms with E-state index in [9.17, 15) is 22.8 Å². The van der Waals surface area contributed by atoms with Gasteiger partial charge in [0.15, 0.2) is 5.78 Å². The molecule has 0 bridgehead atoms. The van der Waals surface area contributed by atoms with E-state index in [-0.39, 0.29) is 11.1 Å². The van der Waals surface area contributed by atoms with Gasteiger partial charge >= 0.3 is 11.9 Å². The van der Waals surface area contributed by atoms with Crippen LogP contribution in [0, 0.1) is 0 Å². The van der Waals surface area contributed by atoms with Gasteiger partial charge < -0.3 is 9.97 Å². The minimum atomic E-state index is -4.49. The van der Waals surface area contributed by atoms with Gasteiger partial charge in [-0.25, -0.2) is 4.79 Å². The number of nitrogens with one attached hydrogen (secondary N) is 2. The first-order chi connectivity index (χ1) is 11.3. The Balaban J connectivity index is 1.91. The Morgan fingerprint density at radius 1 is 1.00 bits per heavy atom. The predicted molar refractivity (Wildman–Crippen MR) is 83.7 cm³/mol. The number of carbonyl (C=O) groups is 1. The highest BCUT2D eigenvalue weighted by Crippen LogP contribution is 2.32. The lowest BCUT2D eigenvalue weighted by Gasteiger charge is -2.09. The Kier molecular flexibility index (Phi) is 3.84. The Bertz CT molecular complexity index is 997. The molecule has 0 radical (unpaired) electrons. The van der Waals surface area contributed by atoms with Crippen molar-refractivity contribution in [1.82, 2.24) is 9.97 Å². The average Bonchev–Trinajstić information content (AvgIpc) is 2.91. The number of alkyl halides is 3. The van der Waals surface area contributed by atoms with E-state index in [4.69, 9.17) is 0 Å². The zero-order valence-electron chi connectivity index (χ0n) is 12.1. The van der Waals surface area contributed by atoms with E-state index in [1.807, 2.05) is 0 Å². The first-order valence-corrected chi connectivity index (χ1v) is 6.95. The number of halogens is 3. The molecule has 1 aromatic heterocycles. The first kappa shape index (κ1) is 15.8. The van der Waals surface area contributed by atoms with Crippen LogP contribution in [0.3, 0.4) is 0 Å². The second kappa shape index (κ2) is 5.84. The van der Waals surface area contributed by atoms with Crippen LogP contribution in [-0.4, -0.2) is 15.8 Å². The van der Waals surface area contributed by atoms with Crippen molar-refractivity contribution in [3.8, 4) is 0 Å². The summed E-state index contributed by atoms with van der Waals surface area (Å²) in [6.07, 6.45) is -2.28. The molecule has 7 heteroatoms. The van der Waals surface area contributed by atoms with Crippen LogP contribution >= 0.6 is 0 Å². The fourth-order valence-corrected chi connectivity index (χ4v) is 2.35. The SMILES string of the molecule is O=C(/C=C/c1ccccc1C(F)(F)F)c1ccc2[nH]c(=O)[nH]c2c1. The van der Waals surface area contributed by atoms with Gasteiger partial charge in [-0.3, -0.25) is 4.79 Å². The van der Waals surface area contributed by atoms with Crippen molar-refractivity contribution in [2.75, 3.05) is 0 Å². The Hall–Kier alpha value is -3.09. The van der Waals surface area contributed by atoms with E-state index in [0.29, 0.717) is 11.0 Å². The number of aromatic nitrogens is 2. The quantitative estimate of drug-likeness (QED) is 0.566. The second-order valence-electron chi connectivity index (χ2n) is 5.12. The van der Waals surface area contributed by atoms with Crippen molar-refractivity contribution in [2.45, 2.75) is 6.18 Å². The number of imidazole rings is 1. The van der Waals surface area contributed by atoms with E-state index < -0.39 is 23.2 Å². The molecule has 0 atom stereocenters. The number of rotatable bonds is 3. The predicted octanol–water partition coefficient (Wildman–Crippen LogP) is 3.77. The summed E-state index contributed by atoms with van der Waals surface area (Å²) >= 11 is 0. The number of fused-ring (bicyclic) bond motifs is 1. The lowest BCUT2D eigenvalue weighted by molar-refractivity contribution is -0.137. The Labute approximate surface area is 133 Å². The van der Waals surface area contributed by atoms with Crippen LogP contribution in [0.1, 0.15) is 21.5 Å². The van der Waals surface area contributed by atoms with E-state index in [1.165, 1.54) is 30.3 Å². The molecular formula is C17H11F3N2O2. The largest absolute Gasteiger partial charge is 0.416 e. The number of carbonyl (C=O) groups excluding carboxylic acids is 1. The van der Waals surface area contributed by atoms with Gasteiger partial charge in [0.1, 0.15) is 0 Å². The number of hydrogen-bond acceptors (Lipinski definition) is 2. The van der Waals surface area contributed by atoms with E-state index in [2.05, 4.69) is 9.97 Å². The number of hydrogen-bond donors (Lipinski definition) is 2. The first-order valence-electron chi connectivity index (χ1n) is 6.95. The van der Waals surface area contributed by atoms with Crippen molar-refractivity contribution in [3.63, 3.8) is 0 Å². The molecular weight excluding hydrogens is 321 g/mol. The monoisotopic (exact) mass is 332 g/mol. The zero-order valence-corrected chi connectivity index (χ0v) is 12.1. The molecule has 2 aromatic carbocycles.